The maximum atomic E-state index is 12.0. The Bertz CT molecular complexity index is 653. The summed E-state index contributed by atoms with van der Waals surface area (Å²) in [6, 6.07) is 5.01. The van der Waals surface area contributed by atoms with E-state index in [1.165, 1.54) is 0 Å². The Morgan fingerprint density at radius 3 is 2.84 bits per heavy atom. The highest BCUT2D eigenvalue weighted by molar-refractivity contribution is 7.89. The van der Waals surface area contributed by atoms with Crippen molar-refractivity contribution in [3.63, 3.8) is 0 Å². The van der Waals surface area contributed by atoms with Crippen LogP contribution in [-0.4, -0.2) is 55.0 Å². The van der Waals surface area contributed by atoms with Crippen LogP contribution in [0.3, 0.4) is 0 Å². The predicted molar refractivity (Wildman–Crippen MR) is 92.1 cm³/mol. The van der Waals surface area contributed by atoms with Crippen LogP contribution < -0.4 is 10.0 Å². The summed E-state index contributed by atoms with van der Waals surface area (Å²) >= 11 is 0. The first-order valence-corrected chi connectivity index (χ1v) is 10.0. The molecular weight excluding hydrogens is 346 g/mol. The summed E-state index contributed by atoms with van der Waals surface area (Å²) in [5.74, 6) is -0.194. The monoisotopic (exact) mass is 371 g/mol. The Morgan fingerprint density at radius 1 is 1.40 bits per heavy atom. The van der Waals surface area contributed by atoms with Crippen LogP contribution in [0.2, 0.25) is 0 Å². The molecule has 2 rings (SSSR count). The summed E-state index contributed by atoms with van der Waals surface area (Å²) in [5.41, 5.74) is 0.766. The molecule has 3 atom stereocenters. The topological polar surface area (TPSA) is 118 Å². The number of pyridine rings is 1. The third kappa shape index (κ3) is 6.35. The average Bonchev–Trinajstić information content (AvgIpc) is 2.62. The lowest BCUT2D eigenvalue weighted by Gasteiger charge is -2.35. The van der Waals surface area contributed by atoms with Crippen molar-refractivity contribution in [2.75, 3.05) is 12.4 Å². The first kappa shape index (κ1) is 19.8. The van der Waals surface area contributed by atoms with Crippen LogP contribution >= 0.6 is 0 Å². The predicted octanol–water partition coefficient (Wildman–Crippen LogP) is -0.0643. The molecule has 0 spiro atoms. The highest BCUT2D eigenvalue weighted by Gasteiger charge is 2.33. The normalized spacial score (nSPS) is 24.0. The molecule has 140 valence electrons. The summed E-state index contributed by atoms with van der Waals surface area (Å²) in [7, 11) is -3.37. The minimum atomic E-state index is -3.37. The lowest BCUT2D eigenvalue weighted by molar-refractivity contribution is -0.130. The number of rotatable bonds is 8. The van der Waals surface area contributed by atoms with Gasteiger partial charge in [0.05, 0.1) is 49.3 Å². The second-order valence-electron chi connectivity index (χ2n) is 5.99. The number of aliphatic hydroxyl groups excluding tert-OH is 1. The van der Waals surface area contributed by atoms with Crippen LogP contribution in [0.5, 0.6) is 0 Å². The second kappa shape index (κ2) is 9.23. The van der Waals surface area contributed by atoms with Gasteiger partial charge in [-0.25, -0.2) is 13.1 Å². The average molecular weight is 371 g/mol. The van der Waals surface area contributed by atoms with Gasteiger partial charge in [0.1, 0.15) is 0 Å². The van der Waals surface area contributed by atoms with E-state index in [1.54, 1.807) is 19.2 Å². The van der Waals surface area contributed by atoms with E-state index in [2.05, 4.69) is 15.0 Å². The van der Waals surface area contributed by atoms with Gasteiger partial charge in [-0.3, -0.25) is 9.78 Å². The van der Waals surface area contributed by atoms with Gasteiger partial charge in [0.15, 0.2) is 0 Å². The number of sulfonamides is 1. The molecule has 1 aliphatic heterocycles. The van der Waals surface area contributed by atoms with Crippen LogP contribution in [0, 0.1) is 0 Å². The van der Waals surface area contributed by atoms with Gasteiger partial charge in [-0.2, -0.15) is 0 Å². The van der Waals surface area contributed by atoms with E-state index < -0.39 is 22.2 Å². The maximum Gasteiger partial charge on any atom is 0.222 e. The van der Waals surface area contributed by atoms with Crippen LogP contribution in [0.25, 0.3) is 0 Å². The Labute approximate surface area is 148 Å². The standard InChI is InChI=1S/C16H25N3O5S/c1-2-25(22,23)19-14-7-6-13(24-15(14)11-20)9-16(21)18-10-12-5-3-4-8-17-12/h3-5,8,13-15,19-20H,2,6-7,9-11H2,1H3,(H,18,21)/t13-,14-,15-/m0/s1. The van der Waals surface area contributed by atoms with Crippen molar-refractivity contribution in [1.82, 2.24) is 15.0 Å². The fourth-order valence-electron chi connectivity index (χ4n) is 2.70. The zero-order valence-corrected chi connectivity index (χ0v) is 15.0. The number of nitrogens with one attached hydrogen (secondary N) is 2. The molecular formula is C16H25N3O5S. The first-order chi connectivity index (χ1) is 11.9. The molecule has 1 amide bonds. The smallest absolute Gasteiger partial charge is 0.222 e. The molecule has 0 saturated carbocycles. The van der Waals surface area contributed by atoms with Gasteiger partial charge >= 0.3 is 0 Å². The summed E-state index contributed by atoms with van der Waals surface area (Å²) in [5, 5.41) is 12.2. The molecule has 8 nitrogen and oxygen atoms in total. The van der Waals surface area contributed by atoms with Crippen LogP contribution in [0.1, 0.15) is 31.9 Å². The van der Waals surface area contributed by atoms with Crippen molar-refractivity contribution in [3.8, 4) is 0 Å². The van der Waals surface area contributed by atoms with Crippen LogP contribution in [0.15, 0.2) is 24.4 Å². The van der Waals surface area contributed by atoms with E-state index in [-0.39, 0.29) is 30.8 Å². The maximum absolute atomic E-state index is 12.0. The van der Waals surface area contributed by atoms with Gasteiger partial charge in [0, 0.05) is 6.20 Å². The third-order valence-corrected chi connectivity index (χ3v) is 5.53. The van der Waals surface area contributed by atoms with Gasteiger partial charge < -0.3 is 15.2 Å². The van der Waals surface area contributed by atoms with Gasteiger partial charge in [0.25, 0.3) is 0 Å². The van der Waals surface area contributed by atoms with Crippen molar-refractivity contribution in [3.05, 3.63) is 30.1 Å². The molecule has 0 aromatic carbocycles. The second-order valence-corrected chi connectivity index (χ2v) is 8.03. The van der Waals surface area contributed by atoms with Crippen molar-refractivity contribution in [2.45, 2.75) is 51.0 Å². The number of carbonyl (C=O) groups excluding carboxylic acids is 1. The summed E-state index contributed by atoms with van der Waals surface area (Å²) < 4.78 is 31.6. The van der Waals surface area contributed by atoms with Gasteiger partial charge in [-0.1, -0.05) is 6.07 Å². The number of ether oxygens (including phenoxy) is 1. The molecule has 9 heteroatoms. The number of aliphatic hydroxyl groups is 1. The Kier molecular flexibility index (Phi) is 7.30. The first-order valence-electron chi connectivity index (χ1n) is 8.36. The van der Waals surface area contributed by atoms with E-state index in [0.717, 1.165) is 5.69 Å². The molecule has 3 N–H and O–H groups in total. The van der Waals surface area contributed by atoms with Gasteiger partial charge in [0.2, 0.25) is 15.9 Å². The molecule has 0 unspecified atom stereocenters. The largest absolute Gasteiger partial charge is 0.394 e. The minimum absolute atomic E-state index is 0.0268. The van der Waals surface area contributed by atoms with Crippen LogP contribution in [0.4, 0.5) is 0 Å². The molecule has 0 bridgehead atoms. The van der Waals surface area contributed by atoms with E-state index in [9.17, 15) is 18.3 Å². The van der Waals surface area contributed by atoms with Gasteiger partial charge in [-0.15, -0.1) is 0 Å². The lowest BCUT2D eigenvalue weighted by atomic mass is 9.98. The molecule has 1 fully saturated rings. The summed E-state index contributed by atoms with van der Waals surface area (Å²) in [6.07, 6.45) is 1.89. The Morgan fingerprint density at radius 2 is 2.20 bits per heavy atom. The zero-order chi connectivity index (χ0) is 18.3. The molecule has 1 aromatic heterocycles. The van der Waals surface area contributed by atoms with Crippen molar-refractivity contribution >= 4 is 15.9 Å². The van der Waals surface area contributed by atoms with E-state index in [0.29, 0.717) is 19.4 Å². The molecule has 1 aliphatic rings. The summed E-state index contributed by atoms with van der Waals surface area (Å²) in [4.78, 5) is 16.2. The lowest BCUT2D eigenvalue weighted by Crippen LogP contribution is -2.51. The minimum Gasteiger partial charge on any atom is -0.394 e. The Balaban J connectivity index is 1.81. The molecule has 0 radical (unpaired) electrons. The number of hydrogen-bond acceptors (Lipinski definition) is 6. The van der Waals surface area contributed by atoms with E-state index in [4.69, 9.17) is 4.74 Å². The van der Waals surface area contributed by atoms with Gasteiger partial charge in [-0.05, 0) is 31.9 Å². The molecule has 0 aliphatic carbocycles. The van der Waals surface area contributed by atoms with Crippen LogP contribution in [-0.2, 0) is 26.1 Å². The Hall–Kier alpha value is -1.55. The van der Waals surface area contributed by atoms with Crippen molar-refractivity contribution in [2.24, 2.45) is 0 Å². The number of aromatic nitrogens is 1. The quantitative estimate of drug-likeness (QED) is 0.589. The highest BCUT2D eigenvalue weighted by Crippen LogP contribution is 2.22. The van der Waals surface area contributed by atoms with E-state index in [1.807, 2.05) is 12.1 Å². The molecule has 1 aromatic rings. The summed E-state index contributed by atoms with van der Waals surface area (Å²) in [6.45, 7) is 1.59. The molecule has 2 heterocycles. The number of hydrogen-bond donors (Lipinski definition) is 3. The van der Waals surface area contributed by atoms with E-state index >= 15 is 0 Å². The number of nitrogens with zero attached hydrogens (tertiary/aromatic N) is 1. The highest BCUT2D eigenvalue weighted by atomic mass is 32.2. The van der Waals surface area contributed by atoms with Crippen molar-refractivity contribution < 1.29 is 23.1 Å². The fourth-order valence-corrected chi connectivity index (χ4v) is 3.60. The van der Waals surface area contributed by atoms with Crippen molar-refractivity contribution in [1.29, 1.82) is 0 Å². The SMILES string of the molecule is CCS(=O)(=O)N[C@H]1CC[C@@H](CC(=O)NCc2ccccn2)O[C@H]1CO. The molecule has 1 saturated heterocycles. The number of carbonyl (C=O) groups is 1. The number of amides is 1. The zero-order valence-electron chi connectivity index (χ0n) is 14.2. The fraction of sp³-hybridized carbons (Fsp3) is 0.625. The third-order valence-electron chi connectivity index (χ3n) is 4.11. The molecule has 25 heavy (non-hydrogen) atoms.